The van der Waals surface area contributed by atoms with E-state index in [0.29, 0.717) is 12.3 Å². The fourth-order valence-corrected chi connectivity index (χ4v) is 1.68. The van der Waals surface area contributed by atoms with Crippen LogP contribution in [0.3, 0.4) is 0 Å². The predicted octanol–water partition coefficient (Wildman–Crippen LogP) is 2.58. The van der Waals surface area contributed by atoms with Crippen LogP contribution in [0.15, 0.2) is 4.99 Å². The van der Waals surface area contributed by atoms with Crippen LogP contribution < -0.4 is 5.73 Å². The zero-order chi connectivity index (χ0) is 11.0. The molecular weight excluding hydrogens is 186 g/mol. The standard InChI is InChI=1S/C10H18F2N2/c1-9(2,3)14-8(13)7-4-5-10(11,12)6-7/h7H,4-6H2,1-3H3,(H2,13,14). The first-order valence-electron chi connectivity index (χ1n) is 4.93. The Bertz CT molecular complexity index is 241. The first-order chi connectivity index (χ1) is 6.20. The Kier molecular flexibility index (Phi) is 2.83. The van der Waals surface area contributed by atoms with E-state index in [-0.39, 0.29) is 24.3 Å². The summed E-state index contributed by atoms with van der Waals surface area (Å²) in [5.41, 5.74) is 5.43. The van der Waals surface area contributed by atoms with Crippen LogP contribution in [-0.4, -0.2) is 17.3 Å². The topological polar surface area (TPSA) is 38.4 Å². The van der Waals surface area contributed by atoms with E-state index in [1.165, 1.54) is 0 Å². The van der Waals surface area contributed by atoms with Gasteiger partial charge in [0.2, 0.25) is 5.92 Å². The fourth-order valence-electron chi connectivity index (χ4n) is 1.68. The van der Waals surface area contributed by atoms with E-state index >= 15 is 0 Å². The van der Waals surface area contributed by atoms with Crippen molar-refractivity contribution < 1.29 is 8.78 Å². The molecule has 0 aromatic carbocycles. The number of alkyl halides is 2. The van der Waals surface area contributed by atoms with Gasteiger partial charge in [0.25, 0.3) is 0 Å². The van der Waals surface area contributed by atoms with Gasteiger partial charge in [0.15, 0.2) is 0 Å². The molecule has 0 spiro atoms. The van der Waals surface area contributed by atoms with Gasteiger partial charge >= 0.3 is 0 Å². The van der Waals surface area contributed by atoms with Gasteiger partial charge in [0.1, 0.15) is 0 Å². The lowest BCUT2D eigenvalue weighted by molar-refractivity contribution is 0.00729. The van der Waals surface area contributed by atoms with E-state index in [1.54, 1.807) is 0 Å². The maximum Gasteiger partial charge on any atom is 0.248 e. The molecule has 0 radical (unpaired) electrons. The molecule has 0 amide bonds. The lowest BCUT2D eigenvalue weighted by Crippen LogP contribution is -2.27. The Balaban J connectivity index is 2.64. The summed E-state index contributed by atoms with van der Waals surface area (Å²) in [6.07, 6.45) is 0.259. The second-order valence-corrected chi connectivity index (χ2v) is 5.00. The van der Waals surface area contributed by atoms with Crippen molar-refractivity contribution >= 4 is 5.84 Å². The molecule has 0 aromatic heterocycles. The molecule has 1 rings (SSSR count). The number of halogens is 2. The Morgan fingerprint density at radius 1 is 1.43 bits per heavy atom. The Morgan fingerprint density at radius 3 is 2.36 bits per heavy atom. The zero-order valence-corrected chi connectivity index (χ0v) is 8.98. The minimum absolute atomic E-state index is 0.0575. The Labute approximate surface area is 83.6 Å². The zero-order valence-electron chi connectivity index (χ0n) is 8.98. The predicted molar refractivity (Wildman–Crippen MR) is 53.7 cm³/mol. The Hall–Kier alpha value is -0.670. The molecule has 2 N–H and O–H groups in total. The van der Waals surface area contributed by atoms with Gasteiger partial charge in [0.05, 0.1) is 11.4 Å². The van der Waals surface area contributed by atoms with Crippen LogP contribution in [0.2, 0.25) is 0 Å². The van der Waals surface area contributed by atoms with Gasteiger partial charge in [-0.2, -0.15) is 0 Å². The third-order valence-electron chi connectivity index (χ3n) is 2.29. The first kappa shape index (κ1) is 11.4. The highest BCUT2D eigenvalue weighted by Crippen LogP contribution is 2.39. The summed E-state index contributed by atoms with van der Waals surface area (Å²) in [5, 5.41) is 0. The second-order valence-electron chi connectivity index (χ2n) is 5.00. The van der Waals surface area contributed by atoms with Gasteiger partial charge in [-0.25, -0.2) is 8.78 Å². The summed E-state index contributed by atoms with van der Waals surface area (Å²) >= 11 is 0. The van der Waals surface area contributed by atoms with E-state index in [9.17, 15) is 8.78 Å². The van der Waals surface area contributed by atoms with Crippen molar-refractivity contribution in [3.63, 3.8) is 0 Å². The van der Waals surface area contributed by atoms with Gasteiger partial charge in [-0.3, -0.25) is 4.99 Å². The molecule has 1 fully saturated rings. The summed E-state index contributed by atoms with van der Waals surface area (Å²) in [6, 6.07) is 0. The molecule has 4 heteroatoms. The number of aliphatic imine (C=N–C) groups is 1. The summed E-state index contributed by atoms with van der Waals surface area (Å²) < 4.78 is 25.8. The van der Waals surface area contributed by atoms with Gasteiger partial charge in [0, 0.05) is 18.8 Å². The first-order valence-corrected chi connectivity index (χ1v) is 4.93. The summed E-state index contributed by atoms with van der Waals surface area (Å²) in [7, 11) is 0. The molecule has 0 saturated heterocycles. The van der Waals surface area contributed by atoms with Gasteiger partial charge < -0.3 is 5.73 Å². The largest absolute Gasteiger partial charge is 0.387 e. The second kappa shape index (κ2) is 3.48. The molecule has 1 aliphatic carbocycles. The number of hydrogen-bond donors (Lipinski definition) is 1. The van der Waals surface area contributed by atoms with Crippen LogP contribution in [0.4, 0.5) is 8.78 Å². The number of nitrogens with two attached hydrogens (primary N) is 1. The SMILES string of the molecule is CC(C)(C)N=C(N)C1CCC(F)(F)C1. The third kappa shape index (κ3) is 3.24. The highest BCUT2D eigenvalue weighted by atomic mass is 19.3. The normalized spacial score (nSPS) is 28.1. The van der Waals surface area contributed by atoms with Gasteiger partial charge in [-0.1, -0.05) is 0 Å². The van der Waals surface area contributed by atoms with Crippen molar-refractivity contribution in [2.45, 2.75) is 51.5 Å². The summed E-state index contributed by atoms with van der Waals surface area (Å²) in [5.74, 6) is -2.39. The van der Waals surface area contributed by atoms with Crippen molar-refractivity contribution in [1.82, 2.24) is 0 Å². The number of rotatable bonds is 1. The van der Waals surface area contributed by atoms with E-state index in [0.717, 1.165) is 0 Å². The fraction of sp³-hybridized carbons (Fsp3) is 0.900. The highest BCUT2D eigenvalue weighted by Gasteiger charge is 2.41. The van der Waals surface area contributed by atoms with Crippen LogP contribution in [0, 0.1) is 5.92 Å². The summed E-state index contributed by atoms with van der Waals surface area (Å²) in [6.45, 7) is 5.73. The number of amidine groups is 1. The molecule has 0 aromatic rings. The minimum atomic E-state index is -2.54. The Morgan fingerprint density at radius 2 is 2.00 bits per heavy atom. The van der Waals surface area contributed by atoms with E-state index in [1.807, 2.05) is 20.8 Å². The highest BCUT2D eigenvalue weighted by molar-refractivity contribution is 5.83. The van der Waals surface area contributed by atoms with Crippen molar-refractivity contribution in [1.29, 1.82) is 0 Å². The quantitative estimate of drug-likeness (QED) is 0.517. The average Bonchev–Trinajstić information content (AvgIpc) is 2.26. The van der Waals surface area contributed by atoms with E-state index in [2.05, 4.69) is 4.99 Å². The molecule has 0 aliphatic heterocycles. The number of hydrogen-bond acceptors (Lipinski definition) is 1. The van der Waals surface area contributed by atoms with Crippen LogP contribution in [0.1, 0.15) is 40.0 Å². The molecular formula is C10H18F2N2. The van der Waals surface area contributed by atoms with Crippen LogP contribution >= 0.6 is 0 Å². The van der Waals surface area contributed by atoms with Crippen LogP contribution in [-0.2, 0) is 0 Å². The van der Waals surface area contributed by atoms with Crippen molar-refractivity contribution in [3.05, 3.63) is 0 Å². The van der Waals surface area contributed by atoms with E-state index < -0.39 is 5.92 Å². The maximum atomic E-state index is 12.9. The lowest BCUT2D eigenvalue weighted by Gasteiger charge is -2.17. The smallest absolute Gasteiger partial charge is 0.248 e. The average molecular weight is 204 g/mol. The molecule has 14 heavy (non-hydrogen) atoms. The third-order valence-corrected chi connectivity index (χ3v) is 2.29. The molecule has 0 heterocycles. The van der Waals surface area contributed by atoms with Crippen LogP contribution in [0.5, 0.6) is 0 Å². The summed E-state index contributed by atoms with van der Waals surface area (Å²) in [4.78, 5) is 4.22. The van der Waals surface area contributed by atoms with Crippen molar-refractivity contribution in [2.24, 2.45) is 16.6 Å². The molecule has 2 nitrogen and oxygen atoms in total. The maximum absolute atomic E-state index is 12.9. The molecule has 82 valence electrons. The lowest BCUT2D eigenvalue weighted by atomic mass is 10.1. The van der Waals surface area contributed by atoms with E-state index in [4.69, 9.17) is 5.73 Å². The van der Waals surface area contributed by atoms with Gasteiger partial charge in [-0.05, 0) is 27.2 Å². The number of nitrogens with zero attached hydrogens (tertiary/aromatic N) is 1. The molecule has 1 saturated carbocycles. The molecule has 1 unspecified atom stereocenters. The molecule has 1 aliphatic rings. The van der Waals surface area contributed by atoms with Gasteiger partial charge in [-0.15, -0.1) is 0 Å². The molecule has 0 bridgehead atoms. The van der Waals surface area contributed by atoms with Crippen LogP contribution in [0.25, 0.3) is 0 Å². The van der Waals surface area contributed by atoms with Crippen molar-refractivity contribution in [3.8, 4) is 0 Å². The monoisotopic (exact) mass is 204 g/mol. The van der Waals surface area contributed by atoms with Crippen molar-refractivity contribution in [2.75, 3.05) is 0 Å². The molecule has 1 atom stereocenters. The minimum Gasteiger partial charge on any atom is -0.387 e.